The monoisotopic (exact) mass is 394 g/mol. The van der Waals surface area contributed by atoms with Crippen molar-refractivity contribution in [2.75, 3.05) is 0 Å². The first-order valence-corrected chi connectivity index (χ1v) is 9.79. The fourth-order valence-corrected chi connectivity index (χ4v) is 3.54. The van der Waals surface area contributed by atoms with Gasteiger partial charge in [-0.05, 0) is 23.6 Å². The van der Waals surface area contributed by atoms with Crippen LogP contribution < -0.4 is 5.32 Å². The Bertz CT molecular complexity index is 981. The summed E-state index contributed by atoms with van der Waals surface area (Å²) in [6.07, 6.45) is 2.22. The summed E-state index contributed by atoms with van der Waals surface area (Å²) in [7, 11) is 0. The third kappa shape index (κ3) is 4.77. The van der Waals surface area contributed by atoms with E-state index in [0.29, 0.717) is 0 Å². The highest BCUT2D eigenvalue weighted by Crippen LogP contribution is 2.30. The minimum absolute atomic E-state index is 0.0865. The number of benzene rings is 2. The number of aryl methyl sites for hydroxylation is 1. The van der Waals surface area contributed by atoms with Crippen LogP contribution in [0.5, 0.6) is 0 Å². The lowest BCUT2D eigenvalue weighted by Crippen LogP contribution is -2.44. The second kappa shape index (κ2) is 9.28. The zero-order valence-corrected chi connectivity index (χ0v) is 16.7. The van der Waals surface area contributed by atoms with Crippen LogP contribution in [-0.2, 0) is 22.7 Å². The molecular weight excluding hydrogens is 368 g/mol. The number of ether oxygens (including phenoxy) is 1. The first-order chi connectivity index (χ1) is 14.0. The number of carbonyl (C=O) groups excluding carboxylic acids is 1. The molecule has 1 heterocycles. The minimum atomic E-state index is -1.10. The van der Waals surface area contributed by atoms with Gasteiger partial charge in [0.25, 0.3) is 0 Å². The van der Waals surface area contributed by atoms with E-state index in [4.69, 9.17) is 4.74 Å². The summed E-state index contributed by atoms with van der Waals surface area (Å²) < 4.78 is 7.34. The zero-order valence-electron chi connectivity index (χ0n) is 16.7. The van der Waals surface area contributed by atoms with Crippen LogP contribution in [0.3, 0.4) is 0 Å². The smallest absolute Gasteiger partial charge is 0.408 e. The number of carboxylic acids is 1. The summed E-state index contributed by atoms with van der Waals surface area (Å²) >= 11 is 0. The Morgan fingerprint density at radius 1 is 1.10 bits per heavy atom. The predicted octanol–water partition coefficient (Wildman–Crippen LogP) is 4.53. The first kappa shape index (κ1) is 20.5. The number of alkyl carbamates (subject to hydrolysis) is 1. The molecule has 0 saturated heterocycles. The first-order valence-electron chi connectivity index (χ1n) is 9.79. The van der Waals surface area contributed by atoms with Crippen LogP contribution in [0.4, 0.5) is 4.79 Å². The average molecular weight is 394 g/mol. The SMILES string of the molecule is CCCn1cc([C@@H](C)[C@@H](NC(=O)OCc2ccccc2)C(=O)O)c2ccccc21. The van der Waals surface area contributed by atoms with Crippen molar-refractivity contribution < 1.29 is 19.4 Å². The van der Waals surface area contributed by atoms with Gasteiger partial charge in [0.05, 0.1) is 0 Å². The number of nitrogens with one attached hydrogen (secondary N) is 1. The Morgan fingerprint density at radius 2 is 1.79 bits per heavy atom. The molecule has 0 fully saturated rings. The number of hydrogen-bond acceptors (Lipinski definition) is 3. The molecule has 0 aliphatic carbocycles. The van der Waals surface area contributed by atoms with Crippen molar-refractivity contribution >= 4 is 23.0 Å². The summed E-state index contributed by atoms with van der Waals surface area (Å²) in [5.74, 6) is -1.53. The highest BCUT2D eigenvalue weighted by Gasteiger charge is 2.30. The Balaban J connectivity index is 1.77. The molecule has 0 aliphatic heterocycles. The van der Waals surface area contributed by atoms with Crippen molar-refractivity contribution in [3.63, 3.8) is 0 Å². The number of carboxylic acid groups (broad SMARTS) is 1. The second-order valence-electron chi connectivity index (χ2n) is 7.11. The molecule has 29 heavy (non-hydrogen) atoms. The van der Waals surface area contributed by atoms with Gasteiger partial charge >= 0.3 is 12.1 Å². The number of carbonyl (C=O) groups is 2. The van der Waals surface area contributed by atoms with Crippen molar-refractivity contribution in [3.8, 4) is 0 Å². The average Bonchev–Trinajstić information content (AvgIpc) is 3.09. The van der Waals surface area contributed by atoms with E-state index < -0.39 is 24.0 Å². The van der Waals surface area contributed by atoms with Gasteiger partial charge in [-0.2, -0.15) is 0 Å². The molecule has 2 aromatic carbocycles. The maximum atomic E-state index is 12.2. The molecule has 0 spiro atoms. The van der Waals surface area contributed by atoms with Crippen LogP contribution in [0.2, 0.25) is 0 Å². The predicted molar refractivity (Wildman–Crippen MR) is 112 cm³/mol. The third-order valence-electron chi connectivity index (χ3n) is 5.03. The van der Waals surface area contributed by atoms with Crippen LogP contribution >= 0.6 is 0 Å². The number of para-hydroxylation sites is 1. The molecule has 0 aliphatic rings. The molecule has 0 saturated carbocycles. The molecule has 1 amide bonds. The molecular formula is C23H26N2O4. The summed E-state index contributed by atoms with van der Waals surface area (Å²) in [5, 5.41) is 13.3. The highest BCUT2D eigenvalue weighted by molar-refractivity contribution is 5.87. The van der Waals surface area contributed by atoms with Gasteiger partial charge < -0.3 is 19.7 Å². The van der Waals surface area contributed by atoms with Gasteiger partial charge in [0.15, 0.2) is 0 Å². The lowest BCUT2D eigenvalue weighted by atomic mass is 9.93. The topological polar surface area (TPSA) is 80.6 Å². The van der Waals surface area contributed by atoms with Crippen molar-refractivity contribution in [2.45, 2.75) is 45.4 Å². The second-order valence-corrected chi connectivity index (χ2v) is 7.11. The van der Waals surface area contributed by atoms with Crippen LogP contribution in [0.25, 0.3) is 10.9 Å². The molecule has 6 heteroatoms. The van der Waals surface area contributed by atoms with Gasteiger partial charge in [-0.25, -0.2) is 9.59 Å². The van der Waals surface area contributed by atoms with Gasteiger partial charge in [0, 0.05) is 29.6 Å². The number of amides is 1. The van der Waals surface area contributed by atoms with Crippen LogP contribution in [-0.4, -0.2) is 27.8 Å². The molecule has 0 radical (unpaired) electrons. The van der Waals surface area contributed by atoms with Crippen LogP contribution in [0.1, 0.15) is 37.3 Å². The third-order valence-corrected chi connectivity index (χ3v) is 5.03. The number of rotatable bonds is 8. The number of hydrogen-bond donors (Lipinski definition) is 2. The van der Waals surface area contributed by atoms with E-state index in [0.717, 1.165) is 35.0 Å². The summed E-state index contributed by atoms with van der Waals surface area (Å²) in [6.45, 7) is 4.84. The fourth-order valence-electron chi connectivity index (χ4n) is 3.54. The molecule has 3 aromatic rings. The van der Waals surface area contributed by atoms with E-state index in [9.17, 15) is 14.7 Å². The number of aliphatic carboxylic acids is 1. The normalized spacial score (nSPS) is 13.0. The Hall–Kier alpha value is -3.28. The van der Waals surface area contributed by atoms with Gasteiger partial charge in [-0.15, -0.1) is 0 Å². The maximum Gasteiger partial charge on any atom is 0.408 e. The van der Waals surface area contributed by atoms with Crippen molar-refractivity contribution in [2.24, 2.45) is 0 Å². The van der Waals surface area contributed by atoms with Crippen molar-refractivity contribution in [1.82, 2.24) is 9.88 Å². The van der Waals surface area contributed by atoms with Crippen molar-refractivity contribution in [3.05, 3.63) is 71.9 Å². The highest BCUT2D eigenvalue weighted by atomic mass is 16.5. The molecule has 1 aromatic heterocycles. The molecule has 2 atom stereocenters. The van der Waals surface area contributed by atoms with Gasteiger partial charge in [-0.3, -0.25) is 0 Å². The Kier molecular flexibility index (Phi) is 6.54. The van der Waals surface area contributed by atoms with Crippen molar-refractivity contribution in [1.29, 1.82) is 0 Å². The van der Waals surface area contributed by atoms with Crippen LogP contribution in [0, 0.1) is 0 Å². The van der Waals surface area contributed by atoms with E-state index in [-0.39, 0.29) is 6.61 Å². The molecule has 0 unspecified atom stereocenters. The number of fused-ring (bicyclic) bond motifs is 1. The standard InChI is InChI=1S/C23H26N2O4/c1-3-13-25-14-19(18-11-7-8-12-20(18)25)16(2)21(22(26)27)24-23(28)29-15-17-9-5-4-6-10-17/h4-12,14,16,21H,3,13,15H2,1-2H3,(H,24,28)(H,26,27)/t16-,21-/m1/s1. The van der Waals surface area contributed by atoms with Gasteiger partial charge in [0.2, 0.25) is 0 Å². The van der Waals surface area contributed by atoms with E-state index in [1.54, 1.807) is 0 Å². The summed E-state index contributed by atoms with van der Waals surface area (Å²) in [4.78, 5) is 24.2. The van der Waals surface area contributed by atoms with E-state index in [1.165, 1.54) is 0 Å². The Labute approximate surface area is 170 Å². The minimum Gasteiger partial charge on any atom is -0.480 e. The summed E-state index contributed by atoms with van der Waals surface area (Å²) in [6, 6.07) is 16.1. The summed E-state index contributed by atoms with van der Waals surface area (Å²) in [5.41, 5.74) is 2.79. The molecule has 2 N–H and O–H groups in total. The number of nitrogens with zero attached hydrogens (tertiary/aromatic N) is 1. The van der Waals surface area contributed by atoms with E-state index in [1.807, 2.05) is 67.7 Å². The maximum absolute atomic E-state index is 12.2. The van der Waals surface area contributed by atoms with E-state index in [2.05, 4.69) is 16.8 Å². The lowest BCUT2D eigenvalue weighted by molar-refractivity contribution is -0.139. The van der Waals surface area contributed by atoms with Gasteiger partial charge in [0.1, 0.15) is 12.6 Å². The molecule has 3 rings (SSSR count). The molecule has 0 bridgehead atoms. The molecule has 152 valence electrons. The largest absolute Gasteiger partial charge is 0.480 e. The van der Waals surface area contributed by atoms with Crippen LogP contribution in [0.15, 0.2) is 60.8 Å². The van der Waals surface area contributed by atoms with E-state index >= 15 is 0 Å². The number of aromatic nitrogens is 1. The lowest BCUT2D eigenvalue weighted by Gasteiger charge is -2.21. The van der Waals surface area contributed by atoms with Gasteiger partial charge in [-0.1, -0.05) is 62.4 Å². The Morgan fingerprint density at radius 3 is 2.48 bits per heavy atom. The molecule has 6 nitrogen and oxygen atoms in total. The quantitative estimate of drug-likeness (QED) is 0.588. The zero-order chi connectivity index (χ0) is 20.8. The fraction of sp³-hybridized carbons (Fsp3) is 0.304.